The molecular formula is C10H14O2. The number of aliphatic hydroxyl groups excluding tert-OH is 2. The summed E-state index contributed by atoms with van der Waals surface area (Å²) in [6.45, 7) is 0. The molecular weight excluding hydrogens is 152 g/mol. The molecule has 4 rings (SSSR count). The van der Waals surface area contributed by atoms with Gasteiger partial charge < -0.3 is 10.2 Å². The van der Waals surface area contributed by atoms with Gasteiger partial charge in [-0.1, -0.05) is 0 Å². The van der Waals surface area contributed by atoms with Crippen molar-refractivity contribution in [1.29, 1.82) is 0 Å². The molecule has 0 saturated heterocycles. The van der Waals surface area contributed by atoms with E-state index < -0.39 is 0 Å². The van der Waals surface area contributed by atoms with Crippen LogP contribution in [0.1, 0.15) is 12.8 Å². The molecule has 0 aliphatic heterocycles. The summed E-state index contributed by atoms with van der Waals surface area (Å²) < 4.78 is 0. The predicted molar refractivity (Wildman–Crippen MR) is 42.2 cm³/mol. The average molecular weight is 166 g/mol. The van der Waals surface area contributed by atoms with E-state index >= 15 is 0 Å². The van der Waals surface area contributed by atoms with Crippen LogP contribution in [0.2, 0.25) is 0 Å². The molecule has 4 aliphatic rings. The third-order valence-electron chi connectivity index (χ3n) is 5.29. The van der Waals surface area contributed by atoms with E-state index in [9.17, 15) is 10.2 Å². The number of fused-ring (bicyclic) bond motifs is 4. The van der Waals surface area contributed by atoms with Gasteiger partial charge in [-0.3, -0.25) is 0 Å². The molecule has 0 aromatic heterocycles. The third-order valence-corrected chi connectivity index (χ3v) is 5.29. The summed E-state index contributed by atoms with van der Waals surface area (Å²) in [5.41, 5.74) is 0. The molecule has 4 saturated carbocycles. The Balaban J connectivity index is 1.92. The first-order chi connectivity index (χ1) is 5.79. The highest BCUT2D eigenvalue weighted by molar-refractivity contribution is 5.20. The molecule has 4 bridgehead atoms. The molecule has 0 spiro atoms. The van der Waals surface area contributed by atoms with Gasteiger partial charge in [-0.05, 0) is 48.3 Å². The minimum atomic E-state index is -0.0489. The van der Waals surface area contributed by atoms with Crippen molar-refractivity contribution in [3.63, 3.8) is 0 Å². The van der Waals surface area contributed by atoms with Crippen molar-refractivity contribution >= 4 is 0 Å². The van der Waals surface area contributed by atoms with E-state index in [1.807, 2.05) is 0 Å². The maximum atomic E-state index is 9.91. The Labute approximate surface area is 71.6 Å². The summed E-state index contributed by atoms with van der Waals surface area (Å²) in [4.78, 5) is 0. The van der Waals surface area contributed by atoms with E-state index in [-0.39, 0.29) is 12.2 Å². The maximum Gasteiger partial charge on any atom is 0.0605 e. The van der Waals surface area contributed by atoms with Gasteiger partial charge in [0.25, 0.3) is 0 Å². The van der Waals surface area contributed by atoms with Crippen molar-refractivity contribution in [1.82, 2.24) is 0 Å². The van der Waals surface area contributed by atoms with E-state index in [1.54, 1.807) is 0 Å². The van der Waals surface area contributed by atoms with E-state index in [4.69, 9.17) is 0 Å². The molecule has 0 radical (unpaired) electrons. The van der Waals surface area contributed by atoms with Crippen molar-refractivity contribution < 1.29 is 10.2 Å². The molecule has 0 aromatic carbocycles. The highest BCUT2D eigenvalue weighted by Crippen LogP contribution is 2.72. The van der Waals surface area contributed by atoms with E-state index in [0.29, 0.717) is 35.5 Å². The zero-order chi connectivity index (χ0) is 8.03. The Bertz CT molecular complexity index is 226. The van der Waals surface area contributed by atoms with Crippen molar-refractivity contribution in [2.24, 2.45) is 35.5 Å². The van der Waals surface area contributed by atoms with Gasteiger partial charge in [-0.2, -0.15) is 0 Å². The maximum absolute atomic E-state index is 9.91. The molecule has 0 aromatic rings. The predicted octanol–water partition coefficient (Wildman–Crippen LogP) is 0.240. The lowest BCUT2D eigenvalue weighted by molar-refractivity contribution is 0.0944. The topological polar surface area (TPSA) is 40.5 Å². The van der Waals surface area contributed by atoms with Crippen molar-refractivity contribution in [3.05, 3.63) is 0 Å². The van der Waals surface area contributed by atoms with Gasteiger partial charge in [0.1, 0.15) is 0 Å². The molecule has 0 heterocycles. The second-order valence-corrected chi connectivity index (χ2v) is 5.26. The summed E-state index contributed by atoms with van der Waals surface area (Å²) in [5, 5.41) is 19.8. The number of aliphatic hydroxyl groups is 2. The summed E-state index contributed by atoms with van der Waals surface area (Å²) in [6, 6.07) is 0. The lowest BCUT2D eigenvalue weighted by atomic mass is 9.71. The van der Waals surface area contributed by atoms with Crippen LogP contribution in [-0.2, 0) is 0 Å². The fraction of sp³-hybridized carbons (Fsp3) is 1.00. The molecule has 8 atom stereocenters. The van der Waals surface area contributed by atoms with Gasteiger partial charge in [-0.15, -0.1) is 0 Å². The highest BCUT2D eigenvalue weighted by Gasteiger charge is 2.72. The van der Waals surface area contributed by atoms with E-state index in [2.05, 4.69) is 0 Å². The van der Waals surface area contributed by atoms with Crippen LogP contribution in [-0.4, -0.2) is 22.4 Å². The van der Waals surface area contributed by atoms with Crippen molar-refractivity contribution in [3.8, 4) is 0 Å². The van der Waals surface area contributed by atoms with Crippen LogP contribution in [0, 0.1) is 35.5 Å². The highest BCUT2D eigenvalue weighted by atomic mass is 16.3. The Hall–Kier alpha value is -0.0800. The van der Waals surface area contributed by atoms with Crippen LogP contribution in [0.15, 0.2) is 0 Å². The van der Waals surface area contributed by atoms with Crippen LogP contribution in [0.5, 0.6) is 0 Å². The summed E-state index contributed by atoms with van der Waals surface area (Å²) >= 11 is 0. The molecule has 4 aliphatic carbocycles. The first-order valence-corrected chi connectivity index (χ1v) is 5.15. The Kier molecular flexibility index (Phi) is 0.851. The Morgan fingerprint density at radius 2 is 1.08 bits per heavy atom. The monoisotopic (exact) mass is 166 g/mol. The van der Waals surface area contributed by atoms with Crippen LogP contribution in [0.25, 0.3) is 0 Å². The normalized spacial score (nSPS) is 76.5. The quantitative estimate of drug-likeness (QED) is 0.541. The van der Waals surface area contributed by atoms with Crippen LogP contribution in [0.4, 0.5) is 0 Å². The Morgan fingerprint density at radius 3 is 1.42 bits per heavy atom. The van der Waals surface area contributed by atoms with Crippen molar-refractivity contribution in [2.45, 2.75) is 25.0 Å². The Morgan fingerprint density at radius 1 is 0.667 bits per heavy atom. The van der Waals surface area contributed by atoms with E-state index in [0.717, 1.165) is 0 Å². The lowest BCUT2D eigenvalue weighted by Crippen LogP contribution is -2.27. The van der Waals surface area contributed by atoms with Crippen molar-refractivity contribution in [2.75, 3.05) is 0 Å². The molecule has 2 heteroatoms. The SMILES string of the molecule is O[C@@H]1[C@H]2C[C@@H]3[C@H]4C[C@@H]2[C@H]([C@H]4O)[C@H]13. The number of hydrogen-bond donors (Lipinski definition) is 2. The molecule has 2 nitrogen and oxygen atoms in total. The van der Waals surface area contributed by atoms with E-state index in [1.165, 1.54) is 12.8 Å². The van der Waals surface area contributed by atoms with Gasteiger partial charge in [-0.25, -0.2) is 0 Å². The summed E-state index contributed by atoms with van der Waals surface area (Å²) in [5.74, 6) is 3.50. The van der Waals surface area contributed by atoms with Gasteiger partial charge >= 0.3 is 0 Å². The zero-order valence-corrected chi connectivity index (χ0v) is 6.93. The fourth-order valence-electron chi connectivity index (χ4n) is 5.10. The molecule has 12 heavy (non-hydrogen) atoms. The zero-order valence-electron chi connectivity index (χ0n) is 6.93. The molecule has 0 amide bonds. The van der Waals surface area contributed by atoms with Gasteiger partial charge in [0.15, 0.2) is 0 Å². The largest absolute Gasteiger partial charge is 0.393 e. The van der Waals surface area contributed by atoms with Crippen LogP contribution in [0.3, 0.4) is 0 Å². The summed E-state index contributed by atoms with van der Waals surface area (Å²) in [7, 11) is 0. The fourth-order valence-corrected chi connectivity index (χ4v) is 5.10. The third kappa shape index (κ3) is 0.409. The summed E-state index contributed by atoms with van der Waals surface area (Å²) in [6.07, 6.45) is 2.34. The molecule has 66 valence electrons. The lowest BCUT2D eigenvalue weighted by Gasteiger charge is -2.33. The standard InChI is InChI=1S/C10H14O2/c11-9-5-1-3-6-2-4(5)8(7(3)9)10(6)12/h3-12H,1-2H2/t3-,4+,5+,6-,7-,8+,9-,10+. The number of hydrogen-bond acceptors (Lipinski definition) is 2. The molecule has 2 N–H and O–H groups in total. The van der Waals surface area contributed by atoms with Gasteiger partial charge in [0.2, 0.25) is 0 Å². The molecule has 0 unspecified atom stereocenters. The van der Waals surface area contributed by atoms with Gasteiger partial charge in [0.05, 0.1) is 12.2 Å². The average Bonchev–Trinajstić information content (AvgIpc) is 2.68. The minimum Gasteiger partial charge on any atom is -0.393 e. The number of rotatable bonds is 0. The van der Waals surface area contributed by atoms with Gasteiger partial charge in [0, 0.05) is 0 Å². The van der Waals surface area contributed by atoms with Crippen LogP contribution >= 0.6 is 0 Å². The smallest absolute Gasteiger partial charge is 0.0605 e. The second-order valence-electron chi connectivity index (χ2n) is 5.26. The first kappa shape index (κ1) is 6.39. The van der Waals surface area contributed by atoms with Crippen LogP contribution < -0.4 is 0 Å². The molecule has 4 fully saturated rings. The minimum absolute atomic E-state index is 0.0489. The first-order valence-electron chi connectivity index (χ1n) is 5.15. The second kappa shape index (κ2) is 1.60.